The van der Waals surface area contributed by atoms with E-state index in [1.807, 2.05) is 19.2 Å². The second-order valence-corrected chi connectivity index (χ2v) is 8.50. The lowest BCUT2D eigenvalue weighted by molar-refractivity contribution is -0.111. The third kappa shape index (κ3) is 5.89. The molecule has 150 valence electrons. The minimum Gasteiger partial charge on any atom is -0.324 e. The number of hydrogen-bond donors (Lipinski definition) is 3. The zero-order chi connectivity index (χ0) is 21.0. The number of nitrogens with one attached hydrogen (secondary N) is 1. The zero-order valence-electron chi connectivity index (χ0n) is 15.5. The van der Waals surface area contributed by atoms with Crippen LogP contribution in [0, 0.1) is 0 Å². The van der Waals surface area contributed by atoms with Crippen LogP contribution in [0.25, 0.3) is 17.3 Å². The Morgan fingerprint density at radius 3 is 2.45 bits per heavy atom. The summed E-state index contributed by atoms with van der Waals surface area (Å²) in [7, 11) is -2.30. The number of carbonyl (C=O) groups excluding carboxylic acids is 1. The largest absolute Gasteiger partial charge is 0.329 e. The number of nitrogens with zero attached hydrogens (tertiary/aromatic N) is 2. The van der Waals surface area contributed by atoms with Crippen molar-refractivity contribution in [3.63, 3.8) is 0 Å². The molecule has 1 heterocycles. The SMILES string of the molecule is Cn1ncc(C=CC(=O)Nc2ccc(CP(=O)(O)O)cc2)c1-c1ccc(Cl)cc1. The number of carbonyl (C=O) groups is 1. The topological polar surface area (TPSA) is 104 Å². The maximum Gasteiger partial charge on any atom is 0.329 e. The highest BCUT2D eigenvalue weighted by Gasteiger charge is 2.13. The monoisotopic (exact) mass is 431 g/mol. The molecule has 0 aliphatic rings. The maximum atomic E-state index is 12.2. The first kappa shape index (κ1) is 21.0. The van der Waals surface area contributed by atoms with Crippen molar-refractivity contribution >= 4 is 36.9 Å². The normalized spacial score (nSPS) is 11.7. The summed E-state index contributed by atoms with van der Waals surface area (Å²) in [5, 5.41) is 7.60. The number of anilines is 1. The van der Waals surface area contributed by atoms with Crippen molar-refractivity contribution in [1.29, 1.82) is 0 Å². The molecule has 0 bridgehead atoms. The van der Waals surface area contributed by atoms with Crippen LogP contribution in [0.15, 0.2) is 60.8 Å². The van der Waals surface area contributed by atoms with Gasteiger partial charge >= 0.3 is 7.60 Å². The summed E-state index contributed by atoms with van der Waals surface area (Å²) in [5.41, 5.74) is 3.58. The second kappa shape index (κ2) is 8.76. The molecule has 0 fully saturated rings. The lowest BCUT2D eigenvalue weighted by atomic mass is 10.1. The van der Waals surface area contributed by atoms with E-state index in [0.717, 1.165) is 16.8 Å². The first-order valence-corrected chi connectivity index (χ1v) is 10.8. The van der Waals surface area contributed by atoms with Gasteiger partial charge in [0.25, 0.3) is 0 Å². The quantitative estimate of drug-likeness (QED) is 0.403. The van der Waals surface area contributed by atoms with Gasteiger partial charge in [-0.25, -0.2) is 0 Å². The van der Waals surface area contributed by atoms with Crippen molar-refractivity contribution in [2.45, 2.75) is 6.16 Å². The van der Waals surface area contributed by atoms with Crippen LogP contribution in [0.1, 0.15) is 11.1 Å². The molecule has 2 aromatic carbocycles. The Morgan fingerprint density at radius 2 is 1.83 bits per heavy atom. The summed E-state index contributed by atoms with van der Waals surface area (Å²) in [5.74, 6) is -0.335. The van der Waals surface area contributed by atoms with Gasteiger partial charge in [0.15, 0.2) is 0 Å². The van der Waals surface area contributed by atoms with Gasteiger partial charge in [-0.3, -0.25) is 14.0 Å². The fraction of sp³-hybridized carbons (Fsp3) is 0.100. The molecule has 0 saturated carbocycles. The fourth-order valence-electron chi connectivity index (χ4n) is 2.82. The van der Waals surface area contributed by atoms with E-state index in [4.69, 9.17) is 21.4 Å². The highest BCUT2D eigenvalue weighted by Crippen LogP contribution is 2.39. The molecule has 0 aliphatic carbocycles. The molecule has 3 N–H and O–H groups in total. The lowest BCUT2D eigenvalue weighted by Gasteiger charge is -2.06. The van der Waals surface area contributed by atoms with Crippen LogP contribution >= 0.6 is 19.2 Å². The minimum atomic E-state index is -4.12. The number of halogens is 1. The molecule has 1 amide bonds. The van der Waals surface area contributed by atoms with E-state index in [2.05, 4.69) is 10.4 Å². The minimum absolute atomic E-state index is 0.335. The highest BCUT2D eigenvalue weighted by atomic mass is 35.5. The summed E-state index contributed by atoms with van der Waals surface area (Å²) in [6.45, 7) is 0. The number of rotatable bonds is 6. The number of aromatic nitrogens is 2. The second-order valence-electron chi connectivity index (χ2n) is 6.42. The Morgan fingerprint density at radius 1 is 1.17 bits per heavy atom. The summed E-state index contributed by atoms with van der Waals surface area (Å²) < 4.78 is 12.8. The van der Waals surface area contributed by atoms with Crippen molar-refractivity contribution in [2.24, 2.45) is 7.05 Å². The Balaban J connectivity index is 1.70. The van der Waals surface area contributed by atoms with Crippen molar-refractivity contribution in [3.05, 3.63) is 77.0 Å². The zero-order valence-corrected chi connectivity index (χ0v) is 17.1. The van der Waals surface area contributed by atoms with E-state index in [1.165, 1.54) is 6.08 Å². The molecular formula is C20H19ClN3O4P. The van der Waals surface area contributed by atoms with Crippen molar-refractivity contribution in [2.75, 3.05) is 5.32 Å². The van der Waals surface area contributed by atoms with Crippen molar-refractivity contribution in [3.8, 4) is 11.3 Å². The Bertz CT molecular complexity index is 1090. The molecule has 9 heteroatoms. The molecule has 29 heavy (non-hydrogen) atoms. The Kier molecular flexibility index (Phi) is 6.35. The number of hydrogen-bond acceptors (Lipinski definition) is 3. The summed E-state index contributed by atoms with van der Waals surface area (Å²) in [6.07, 6.45) is 4.41. The molecule has 3 aromatic rings. The molecule has 0 radical (unpaired) electrons. The summed E-state index contributed by atoms with van der Waals surface area (Å²) in [4.78, 5) is 30.2. The van der Waals surface area contributed by atoms with Gasteiger partial charge in [0.2, 0.25) is 5.91 Å². The van der Waals surface area contributed by atoms with Gasteiger partial charge in [-0.05, 0) is 35.9 Å². The Labute approximate surface area is 172 Å². The van der Waals surface area contributed by atoms with Crippen molar-refractivity contribution < 1.29 is 19.1 Å². The molecule has 1 aromatic heterocycles. The molecule has 3 rings (SSSR count). The molecule has 0 spiro atoms. The number of benzene rings is 2. The van der Waals surface area contributed by atoms with Gasteiger partial charge < -0.3 is 15.1 Å². The summed E-state index contributed by atoms with van der Waals surface area (Å²) in [6, 6.07) is 13.7. The van der Waals surface area contributed by atoms with E-state index in [0.29, 0.717) is 16.3 Å². The average molecular weight is 432 g/mol. The maximum absolute atomic E-state index is 12.2. The lowest BCUT2D eigenvalue weighted by Crippen LogP contribution is -2.07. The van der Waals surface area contributed by atoms with Crippen molar-refractivity contribution in [1.82, 2.24) is 9.78 Å². The molecule has 7 nitrogen and oxygen atoms in total. The molecular weight excluding hydrogens is 413 g/mol. The predicted molar refractivity (Wildman–Crippen MR) is 114 cm³/mol. The molecule has 0 atom stereocenters. The number of amides is 1. The van der Waals surface area contributed by atoms with Crippen LogP contribution in [0.4, 0.5) is 5.69 Å². The van der Waals surface area contributed by atoms with Gasteiger partial charge in [0.05, 0.1) is 18.1 Å². The third-order valence-electron chi connectivity index (χ3n) is 4.11. The number of aryl methyl sites for hydroxylation is 1. The summed E-state index contributed by atoms with van der Waals surface area (Å²) >= 11 is 5.95. The van der Waals surface area contributed by atoms with Crippen LogP contribution in [-0.2, 0) is 22.6 Å². The molecule has 0 unspecified atom stereocenters. The first-order chi connectivity index (χ1) is 13.7. The standard InChI is InChI=1S/C20H19ClN3O4P/c1-24-20(15-4-7-17(21)8-5-15)16(12-22-24)6-11-19(25)23-18-9-2-14(3-10-18)13-29(26,27)28/h2-12H,13H2,1H3,(H,23,25)(H2,26,27,28). The van der Waals surface area contributed by atoms with E-state index in [-0.39, 0.29) is 12.1 Å². The van der Waals surface area contributed by atoms with E-state index in [9.17, 15) is 9.36 Å². The van der Waals surface area contributed by atoms with Crippen LogP contribution in [0.3, 0.4) is 0 Å². The van der Waals surface area contributed by atoms with E-state index >= 15 is 0 Å². The Hall–Kier alpha value is -2.70. The predicted octanol–water partition coefficient (Wildman–Crippen LogP) is 4.07. The first-order valence-electron chi connectivity index (χ1n) is 8.62. The van der Waals surface area contributed by atoms with Crippen LogP contribution in [0.5, 0.6) is 0 Å². The van der Waals surface area contributed by atoms with Gasteiger partial charge in [0.1, 0.15) is 0 Å². The molecule has 0 saturated heterocycles. The fourth-order valence-corrected chi connectivity index (χ4v) is 3.63. The van der Waals surface area contributed by atoms with E-state index in [1.54, 1.807) is 53.4 Å². The van der Waals surface area contributed by atoms with Crippen LogP contribution in [-0.4, -0.2) is 25.5 Å². The smallest absolute Gasteiger partial charge is 0.324 e. The van der Waals surface area contributed by atoms with Gasteiger partial charge in [-0.1, -0.05) is 35.9 Å². The highest BCUT2D eigenvalue weighted by molar-refractivity contribution is 7.50. The third-order valence-corrected chi connectivity index (χ3v) is 5.14. The van der Waals surface area contributed by atoms with Gasteiger partial charge in [-0.2, -0.15) is 5.10 Å². The van der Waals surface area contributed by atoms with Gasteiger partial charge in [-0.15, -0.1) is 0 Å². The average Bonchev–Trinajstić information content (AvgIpc) is 3.02. The van der Waals surface area contributed by atoms with E-state index < -0.39 is 7.60 Å². The van der Waals surface area contributed by atoms with Crippen LogP contribution < -0.4 is 5.32 Å². The van der Waals surface area contributed by atoms with Crippen LogP contribution in [0.2, 0.25) is 5.02 Å². The van der Waals surface area contributed by atoms with Gasteiger partial charge in [0, 0.05) is 35.0 Å². The molecule has 0 aliphatic heterocycles.